The third-order valence-electron chi connectivity index (χ3n) is 3.17. The highest BCUT2D eigenvalue weighted by atomic mass is 79.9. The molecule has 4 heteroatoms. The van der Waals surface area contributed by atoms with Gasteiger partial charge in [-0.15, -0.1) is 11.3 Å². The van der Waals surface area contributed by atoms with E-state index in [1.165, 1.54) is 0 Å². The van der Waals surface area contributed by atoms with Gasteiger partial charge in [0.25, 0.3) is 0 Å². The van der Waals surface area contributed by atoms with Crippen LogP contribution in [0.1, 0.15) is 34.6 Å². The molecule has 1 unspecified atom stereocenters. The van der Waals surface area contributed by atoms with Crippen LogP contribution in [-0.2, 0) is 0 Å². The molecule has 0 spiro atoms. The second-order valence-electron chi connectivity index (χ2n) is 4.53. The lowest BCUT2D eigenvalue weighted by molar-refractivity contribution is 0.0671. The highest BCUT2D eigenvalue weighted by Gasteiger charge is 2.29. The summed E-state index contributed by atoms with van der Waals surface area (Å²) in [6, 6.07) is 7.97. The Morgan fingerprint density at radius 3 is 2.94 bits per heavy atom. The molecule has 1 N–H and O–H groups in total. The molecule has 1 aromatic heterocycles. The second kappa shape index (κ2) is 4.68. The Hall–Kier alpha value is -0.840. The number of rotatable bonds is 1. The number of benzene rings is 1. The van der Waals surface area contributed by atoms with Crippen LogP contribution in [0.15, 0.2) is 34.1 Å². The quantitative estimate of drug-likeness (QED) is 0.843. The fourth-order valence-corrected chi connectivity index (χ4v) is 3.93. The molecule has 1 aromatic carbocycles. The Bertz CT molecular complexity index is 579. The number of thiophene rings is 1. The van der Waals surface area contributed by atoms with Crippen molar-refractivity contribution in [2.24, 2.45) is 0 Å². The number of aliphatic hydroxyl groups is 1. The molecule has 1 aliphatic heterocycles. The van der Waals surface area contributed by atoms with Crippen molar-refractivity contribution in [3.8, 4) is 5.75 Å². The minimum atomic E-state index is -0.451. The molecule has 0 saturated carbocycles. The van der Waals surface area contributed by atoms with Gasteiger partial charge in [0.15, 0.2) is 0 Å². The van der Waals surface area contributed by atoms with Crippen LogP contribution in [0.4, 0.5) is 0 Å². The summed E-state index contributed by atoms with van der Waals surface area (Å²) in [6.07, 6.45) is 0.0903. The summed E-state index contributed by atoms with van der Waals surface area (Å²) in [6.45, 7) is 2.02. The highest BCUT2D eigenvalue weighted by Crippen LogP contribution is 2.44. The Morgan fingerprint density at radius 1 is 1.39 bits per heavy atom. The average molecular weight is 325 g/mol. The number of hydrogen-bond acceptors (Lipinski definition) is 3. The maximum Gasteiger partial charge on any atom is 0.137 e. The molecule has 0 aliphatic carbocycles. The molecule has 18 heavy (non-hydrogen) atoms. The molecule has 94 valence electrons. The highest BCUT2D eigenvalue weighted by molar-refractivity contribution is 9.10. The first-order chi connectivity index (χ1) is 8.65. The van der Waals surface area contributed by atoms with E-state index in [0.29, 0.717) is 6.42 Å². The first-order valence-corrected chi connectivity index (χ1v) is 7.50. The van der Waals surface area contributed by atoms with Crippen molar-refractivity contribution in [2.75, 3.05) is 0 Å². The summed E-state index contributed by atoms with van der Waals surface area (Å²) in [7, 11) is 0. The SMILES string of the molecule is Cc1ccc2c(c1)[C@@H](O)CC(c1sccc1Br)O2. The largest absolute Gasteiger partial charge is 0.484 e. The van der Waals surface area contributed by atoms with Crippen LogP contribution in [0.5, 0.6) is 5.75 Å². The van der Waals surface area contributed by atoms with Gasteiger partial charge in [0.05, 0.1) is 11.0 Å². The molecule has 0 saturated heterocycles. The van der Waals surface area contributed by atoms with Crippen molar-refractivity contribution in [2.45, 2.75) is 25.6 Å². The van der Waals surface area contributed by atoms with Crippen molar-refractivity contribution in [1.29, 1.82) is 0 Å². The van der Waals surface area contributed by atoms with Gasteiger partial charge in [-0.25, -0.2) is 0 Å². The van der Waals surface area contributed by atoms with Gasteiger partial charge in [-0.05, 0) is 46.4 Å². The second-order valence-corrected chi connectivity index (χ2v) is 6.33. The molecule has 2 nitrogen and oxygen atoms in total. The van der Waals surface area contributed by atoms with E-state index in [0.717, 1.165) is 26.2 Å². The molecule has 0 fully saturated rings. The van der Waals surface area contributed by atoms with Crippen LogP contribution < -0.4 is 4.74 Å². The van der Waals surface area contributed by atoms with Gasteiger partial charge in [0, 0.05) is 16.5 Å². The predicted octanol–water partition coefficient (Wildman–Crippen LogP) is 4.38. The smallest absolute Gasteiger partial charge is 0.137 e. The molecule has 0 amide bonds. The first kappa shape index (κ1) is 12.2. The van der Waals surface area contributed by atoms with Crippen LogP contribution in [0.25, 0.3) is 0 Å². The minimum absolute atomic E-state index is 0.0652. The van der Waals surface area contributed by atoms with E-state index in [9.17, 15) is 5.11 Å². The third kappa shape index (κ3) is 2.09. The lowest BCUT2D eigenvalue weighted by atomic mass is 9.97. The third-order valence-corrected chi connectivity index (χ3v) is 5.13. The van der Waals surface area contributed by atoms with E-state index in [2.05, 4.69) is 15.9 Å². The molecule has 2 heterocycles. The molecular formula is C14H13BrO2S. The lowest BCUT2D eigenvalue weighted by Crippen LogP contribution is -2.18. The Labute approximate surface area is 118 Å². The molecular weight excluding hydrogens is 312 g/mol. The van der Waals surface area contributed by atoms with E-state index in [1.807, 2.05) is 36.6 Å². The fourth-order valence-electron chi connectivity index (χ4n) is 2.26. The van der Waals surface area contributed by atoms with Gasteiger partial charge < -0.3 is 9.84 Å². The van der Waals surface area contributed by atoms with Gasteiger partial charge in [0.2, 0.25) is 0 Å². The van der Waals surface area contributed by atoms with E-state index in [1.54, 1.807) is 11.3 Å². The topological polar surface area (TPSA) is 29.5 Å². The minimum Gasteiger partial charge on any atom is -0.484 e. The van der Waals surface area contributed by atoms with E-state index >= 15 is 0 Å². The predicted molar refractivity (Wildman–Crippen MR) is 76.1 cm³/mol. The van der Waals surface area contributed by atoms with E-state index < -0.39 is 6.10 Å². The first-order valence-electron chi connectivity index (χ1n) is 5.83. The van der Waals surface area contributed by atoms with Gasteiger partial charge in [-0.1, -0.05) is 11.6 Å². The number of aliphatic hydroxyl groups excluding tert-OH is 1. The zero-order chi connectivity index (χ0) is 12.7. The number of hydrogen-bond donors (Lipinski definition) is 1. The average Bonchev–Trinajstić information content (AvgIpc) is 2.76. The van der Waals surface area contributed by atoms with Crippen molar-refractivity contribution in [1.82, 2.24) is 0 Å². The monoisotopic (exact) mass is 324 g/mol. The standard InChI is InChI=1S/C14H13BrO2S/c1-8-2-3-12-9(6-8)11(16)7-13(17-12)14-10(15)4-5-18-14/h2-6,11,13,16H,7H2,1H3/t11-,13?/m0/s1. The summed E-state index contributed by atoms with van der Waals surface area (Å²) >= 11 is 5.18. The summed E-state index contributed by atoms with van der Waals surface area (Å²) in [5.41, 5.74) is 2.05. The van der Waals surface area contributed by atoms with Crippen LogP contribution in [0, 0.1) is 6.92 Å². The maximum atomic E-state index is 10.3. The van der Waals surface area contributed by atoms with Crippen LogP contribution in [0.3, 0.4) is 0 Å². The van der Waals surface area contributed by atoms with E-state index in [-0.39, 0.29) is 6.10 Å². The number of fused-ring (bicyclic) bond motifs is 1. The Kier molecular flexibility index (Phi) is 3.18. The summed E-state index contributed by atoms with van der Waals surface area (Å²) in [5, 5.41) is 12.3. The Balaban J connectivity index is 1.97. The van der Waals surface area contributed by atoms with Crippen molar-refractivity contribution >= 4 is 27.3 Å². The van der Waals surface area contributed by atoms with Gasteiger partial charge >= 0.3 is 0 Å². The summed E-state index contributed by atoms with van der Waals surface area (Å²) < 4.78 is 7.06. The number of halogens is 1. The fraction of sp³-hybridized carbons (Fsp3) is 0.286. The van der Waals surface area contributed by atoms with Gasteiger partial charge in [-0.3, -0.25) is 0 Å². The number of ether oxygens (including phenoxy) is 1. The van der Waals surface area contributed by atoms with Gasteiger partial charge in [0.1, 0.15) is 11.9 Å². The normalized spacial score (nSPS) is 22.4. The molecule has 1 aliphatic rings. The maximum absolute atomic E-state index is 10.3. The Morgan fingerprint density at radius 2 is 2.22 bits per heavy atom. The zero-order valence-corrected chi connectivity index (χ0v) is 12.3. The molecule has 3 rings (SSSR count). The molecule has 0 radical (unpaired) electrons. The van der Waals surface area contributed by atoms with E-state index in [4.69, 9.17) is 4.74 Å². The van der Waals surface area contributed by atoms with Crippen LogP contribution in [-0.4, -0.2) is 5.11 Å². The number of aryl methyl sites for hydroxylation is 1. The molecule has 0 bridgehead atoms. The summed E-state index contributed by atoms with van der Waals surface area (Å²) in [4.78, 5) is 1.14. The van der Waals surface area contributed by atoms with Crippen LogP contribution >= 0.6 is 27.3 Å². The van der Waals surface area contributed by atoms with Gasteiger partial charge in [-0.2, -0.15) is 0 Å². The zero-order valence-electron chi connectivity index (χ0n) is 9.89. The van der Waals surface area contributed by atoms with Crippen LogP contribution in [0.2, 0.25) is 0 Å². The van der Waals surface area contributed by atoms with Crippen molar-refractivity contribution < 1.29 is 9.84 Å². The van der Waals surface area contributed by atoms with Crippen molar-refractivity contribution in [3.63, 3.8) is 0 Å². The lowest BCUT2D eigenvalue weighted by Gasteiger charge is -2.29. The summed E-state index contributed by atoms with van der Waals surface area (Å²) in [5.74, 6) is 0.796. The molecule has 2 aromatic rings. The molecule has 2 atom stereocenters. The van der Waals surface area contributed by atoms with Crippen molar-refractivity contribution in [3.05, 3.63) is 50.1 Å².